The van der Waals surface area contributed by atoms with Crippen molar-refractivity contribution in [1.29, 1.82) is 0 Å². The maximum atomic E-state index is 12.1. The lowest BCUT2D eigenvalue weighted by atomic mass is 10.1. The van der Waals surface area contributed by atoms with Crippen LogP contribution in [0.25, 0.3) is 0 Å². The van der Waals surface area contributed by atoms with E-state index in [4.69, 9.17) is 23.2 Å². The minimum Gasteiger partial charge on any atom is -0.504 e. The lowest BCUT2D eigenvalue weighted by Gasteiger charge is -2.18. The Hall–Kier alpha value is -1.16. The average molecular weight is 436 g/mol. The summed E-state index contributed by atoms with van der Waals surface area (Å²) < 4.78 is 3.69. The van der Waals surface area contributed by atoms with Gasteiger partial charge in [0.05, 0.1) is 28.0 Å². The van der Waals surface area contributed by atoms with Gasteiger partial charge in [0.25, 0.3) is 0 Å². The molecular weight excluding hydrogens is 417 g/mol. The predicted molar refractivity (Wildman–Crippen MR) is 110 cm³/mol. The van der Waals surface area contributed by atoms with Crippen LogP contribution in [-0.4, -0.2) is 28.9 Å². The molecule has 0 aliphatic rings. The SMILES string of the molecule is CC(C)C(CO)NSc1scc(NC(=O)Nc2cccc(Cl)c2Cl)c1O. The summed E-state index contributed by atoms with van der Waals surface area (Å²) in [5.41, 5.74) is 0.644. The third kappa shape index (κ3) is 5.42. The minimum absolute atomic E-state index is 0.00921. The molecule has 2 rings (SSSR count). The molecule has 1 aromatic heterocycles. The molecule has 0 aliphatic carbocycles. The highest BCUT2D eigenvalue weighted by atomic mass is 35.5. The fourth-order valence-corrected chi connectivity index (χ4v) is 4.14. The Morgan fingerprint density at radius 2 is 1.96 bits per heavy atom. The summed E-state index contributed by atoms with van der Waals surface area (Å²) in [5, 5.41) is 26.9. The molecule has 0 spiro atoms. The number of aliphatic hydroxyl groups excluding tert-OH is 1. The maximum absolute atomic E-state index is 12.1. The van der Waals surface area contributed by atoms with Gasteiger partial charge in [0, 0.05) is 11.4 Å². The topological polar surface area (TPSA) is 93.6 Å². The van der Waals surface area contributed by atoms with E-state index >= 15 is 0 Å². The van der Waals surface area contributed by atoms with E-state index in [0.29, 0.717) is 14.9 Å². The highest BCUT2D eigenvalue weighted by molar-refractivity contribution is 7.99. The summed E-state index contributed by atoms with van der Waals surface area (Å²) >= 11 is 14.4. The number of aromatic hydroxyl groups is 1. The van der Waals surface area contributed by atoms with Gasteiger partial charge in [-0.15, -0.1) is 11.3 Å². The lowest BCUT2D eigenvalue weighted by Crippen LogP contribution is -2.32. The van der Waals surface area contributed by atoms with Crippen molar-refractivity contribution in [2.45, 2.75) is 24.1 Å². The van der Waals surface area contributed by atoms with Crippen LogP contribution in [0.3, 0.4) is 0 Å². The van der Waals surface area contributed by atoms with Crippen molar-refractivity contribution in [1.82, 2.24) is 4.72 Å². The van der Waals surface area contributed by atoms with Gasteiger partial charge in [0.15, 0.2) is 5.75 Å². The van der Waals surface area contributed by atoms with Gasteiger partial charge >= 0.3 is 6.03 Å². The number of rotatable bonds is 7. The standard InChI is InChI=1S/C16H19Cl2N3O3S2/c1-8(2)11(6-22)21-26-15-14(23)12(7-25-15)20-16(24)19-10-5-3-4-9(17)13(10)18/h3-5,7-8,11,21-23H,6H2,1-2H3,(H2,19,20,24). The first-order valence-electron chi connectivity index (χ1n) is 7.69. The second-order valence-electron chi connectivity index (χ2n) is 5.72. The summed E-state index contributed by atoms with van der Waals surface area (Å²) in [6.07, 6.45) is 0. The molecule has 0 saturated carbocycles. The largest absolute Gasteiger partial charge is 0.504 e. The molecule has 2 aromatic rings. The fourth-order valence-electron chi connectivity index (χ4n) is 1.88. The highest BCUT2D eigenvalue weighted by Gasteiger charge is 2.17. The van der Waals surface area contributed by atoms with Gasteiger partial charge in [0.2, 0.25) is 0 Å². The molecule has 0 saturated heterocycles. The van der Waals surface area contributed by atoms with Crippen molar-refractivity contribution in [3.8, 4) is 5.75 Å². The molecule has 1 unspecified atom stereocenters. The lowest BCUT2D eigenvalue weighted by molar-refractivity contribution is 0.230. The van der Waals surface area contributed by atoms with Crippen molar-refractivity contribution in [3.05, 3.63) is 33.6 Å². The van der Waals surface area contributed by atoms with E-state index in [1.807, 2.05) is 13.8 Å². The van der Waals surface area contributed by atoms with Crippen LogP contribution in [0.2, 0.25) is 10.0 Å². The van der Waals surface area contributed by atoms with Gasteiger partial charge in [-0.05, 0) is 30.0 Å². The summed E-state index contributed by atoms with van der Waals surface area (Å²) in [7, 11) is 0. The Labute approximate surface area is 170 Å². The number of hydrogen-bond donors (Lipinski definition) is 5. The summed E-state index contributed by atoms with van der Waals surface area (Å²) in [4.78, 5) is 12.1. The Balaban J connectivity index is 1.99. The summed E-state index contributed by atoms with van der Waals surface area (Å²) in [6, 6.07) is 4.24. The number of carbonyl (C=O) groups excluding carboxylic acids is 1. The van der Waals surface area contributed by atoms with E-state index < -0.39 is 6.03 Å². The highest BCUT2D eigenvalue weighted by Crippen LogP contribution is 2.40. The van der Waals surface area contributed by atoms with Crippen molar-refractivity contribution in [3.63, 3.8) is 0 Å². The minimum atomic E-state index is -0.554. The zero-order valence-corrected chi connectivity index (χ0v) is 17.2. The molecule has 1 heterocycles. The Morgan fingerprint density at radius 1 is 1.27 bits per heavy atom. The summed E-state index contributed by atoms with van der Waals surface area (Å²) in [6.45, 7) is 3.97. The van der Waals surface area contributed by atoms with Gasteiger partial charge in [-0.2, -0.15) is 0 Å². The number of nitrogens with one attached hydrogen (secondary N) is 3. The molecular formula is C16H19Cl2N3O3S2. The number of aliphatic hydroxyl groups is 1. The second-order valence-corrected chi connectivity index (χ2v) is 8.49. The van der Waals surface area contributed by atoms with Gasteiger partial charge in [-0.25, -0.2) is 4.79 Å². The number of benzene rings is 1. The normalized spacial score (nSPS) is 12.2. The van der Waals surface area contributed by atoms with Crippen molar-refractivity contribution in [2.24, 2.45) is 5.92 Å². The van der Waals surface area contributed by atoms with Gasteiger partial charge in [-0.3, -0.25) is 4.72 Å². The zero-order valence-electron chi connectivity index (χ0n) is 14.0. The van der Waals surface area contributed by atoms with E-state index in [0.717, 1.165) is 0 Å². The van der Waals surface area contributed by atoms with E-state index in [9.17, 15) is 15.0 Å². The smallest absolute Gasteiger partial charge is 0.323 e. The molecule has 142 valence electrons. The van der Waals surface area contributed by atoms with Gasteiger partial charge in [-0.1, -0.05) is 43.1 Å². The molecule has 26 heavy (non-hydrogen) atoms. The van der Waals surface area contributed by atoms with Gasteiger partial charge < -0.3 is 20.8 Å². The van der Waals surface area contributed by atoms with Crippen molar-refractivity contribution in [2.75, 3.05) is 17.2 Å². The van der Waals surface area contributed by atoms with E-state index in [-0.39, 0.29) is 35.0 Å². The first-order valence-corrected chi connectivity index (χ1v) is 10.1. The predicted octanol–water partition coefficient (Wildman–Crippen LogP) is 5.02. The quantitative estimate of drug-likeness (QED) is 0.393. The summed E-state index contributed by atoms with van der Waals surface area (Å²) in [5.74, 6) is 0.195. The maximum Gasteiger partial charge on any atom is 0.323 e. The average Bonchev–Trinajstić information content (AvgIpc) is 2.92. The molecule has 10 heteroatoms. The number of anilines is 2. The zero-order chi connectivity index (χ0) is 19.3. The van der Waals surface area contributed by atoms with E-state index in [2.05, 4.69) is 15.4 Å². The van der Waals surface area contributed by atoms with Gasteiger partial charge in [0.1, 0.15) is 4.21 Å². The number of hydrogen-bond acceptors (Lipinski definition) is 6. The third-order valence-electron chi connectivity index (χ3n) is 3.48. The Kier molecular flexibility index (Phi) is 7.87. The number of urea groups is 1. The van der Waals surface area contributed by atoms with Crippen molar-refractivity contribution >= 4 is 63.9 Å². The molecule has 1 aromatic carbocycles. The first kappa shape index (κ1) is 21.1. The molecule has 0 radical (unpaired) electrons. The number of thiophene rings is 1. The number of carbonyl (C=O) groups is 1. The van der Waals surface area contributed by atoms with E-state index in [1.165, 1.54) is 23.3 Å². The molecule has 0 fully saturated rings. The Bertz CT molecular complexity index is 771. The molecule has 2 amide bonds. The van der Waals surface area contributed by atoms with Crippen LogP contribution in [0.4, 0.5) is 16.2 Å². The van der Waals surface area contributed by atoms with Crippen LogP contribution >= 0.6 is 46.5 Å². The molecule has 5 N–H and O–H groups in total. The molecule has 0 bridgehead atoms. The van der Waals surface area contributed by atoms with Crippen LogP contribution in [0.15, 0.2) is 27.8 Å². The molecule has 1 atom stereocenters. The van der Waals surface area contributed by atoms with Crippen LogP contribution in [0, 0.1) is 5.92 Å². The number of amides is 2. The second kappa shape index (κ2) is 9.68. The first-order chi connectivity index (χ1) is 12.3. The van der Waals surface area contributed by atoms with Crippen LogP contribution < -0.4 is 15.4 Å². The molecule has 0 aliphatic heterocycles. The van der Waals surface area contributed by atoms with E-state index in [1.54, 1.807) is 23.6 Å². The van der Waals surface area contributed by atoms with Crippen LogP contribution in [0.5, 0.6) is 5.75 Å². The number of halogens is 2. The Morgan fingerprint density at radius 3 is 2.62 bits per heavy atom. The van der Waals surface area contributed by atoms with Crippen molar-refractivity contribution < 1.29 is 15.0 Å². The fraction of sp³-hybridized carbons (Fsp3) is 0.312. The monoisotopic (exact) mass is 435 g/mol. The van der Waals surface area contributed by atoms with Crippen LogP contribution in [0.1, 0.15) is 13.8 Å². The van der Waals surface area contributed by atoms with Crippen LogP contribution in [-0.2, 0) is 0 Å². The third-order valence-corrected chi connectivity index (χ3v) is 6.40. The molecule has 6 nitrogen and oxygen atoms in total.